The van der Waals surface area contributed by atoms with Gasteiger partial charge < -0.3 is 9.88 Å². The third-order valence-corrected chi connectivity index (χ3v) is 3.80. The van der Waals surface area contributed by atoms with E-state index < -0.39 is 0 Å². The van der Waals surface area contributed by atoms with Gasteiger partial charge in [-0.05, 0) is 31.0 Å². The zero-order valence-corrected chi connectivity index (χ0v) is 11.6. The minimum atomic E-state index is 0.115. The van der Waals surface area contributed by atoms with Gasteiger partial charge in [0.1, 0.15) is 0 Å². The maximum absolute atomic E-state index is 12.3. The standard InChI is InChI=1S/C14H18N2OS/c1-3-15-10-11-7-8-12(13-6-5-9-18-13)16(4-2)14(11)17/h5-9,15H,3-4,10H2,1-2H3. The number of thiophene rings is 1. The first-order valence-electron chi connectivity index (χ1n) is 6.25. The van der Waals surface area contributed by atoms with Crippen LogP contribution in [0.5, 0.6) is 0 Å². The average Bonchev–Trinajstić information content (AvgIpc) is 2.90. The van der Waals surface area contributed by atoms with Crippen molar-refractivity contribution in [3.63, 3.8) is 0 Å². The number of hydrogen-bond donors (Lipinski definition) is 1. The molecule has 0 spiro atoms. The van der Waals surface area contributed by atoms with E-state index in [9.17, 15) is 4.79 Å². The van der Waals surface area contributed by atoms with Crippen LogP contribution >= 0.6 is 11.3 Å². The predicted molar refractivity (Wildman–Crippen MR) is 77.1 cm³/mol. The van der Waals surface area contributed by atoms with E-state index in [4.69, 9.17) is 0 Å². The first-order valence-corrected chi connectivity index (χ1v) is 7.13. The van der Waals surface area contributed by atoms with Crippen LogP contribution in [0.15, 0.2) is 34.4 Å². The average molecular weight is 262 g/mol. The van der Waals surface area contributed by atoms with Gasteiger partial charge in [-0.15, -0.1) is 11.3 Å². The first kappa shape index (κ1) is 13.1. The second kappa shape index (κ2) is 5.98. The summed E-state index contributed by atoms with van der Waals surface area (Å²) in [7, 11) is 0. The summed E-state index contributed by atoms with van der Waals surface area (Å²) in [6.45, 7) is 6.26. The molecule has 1 N–H and O–H groups in total. The van der Waals surface area contributed by atoms with Gasteiger partial charge in [-0.3, -0.25) is 4.79 Å². The summed E-state index contributed by atoms with van der Waals surface area (Å²) in [5.41, 5.74) is 1.96. The van der Waals surface area contributed by atoms with Crippen LogP contribution in [0.1, 0.15) is 19.4 Å². The second-order valence-corrected chi connectivity index (χ2v) is 5.00. The molecular formula is C14H18N2OS. The van der Waals surface area contributed by atoms with Crippen molar-refractivity contribution in [3.8, 4) is 10.6 Å². The molecule has 0 aliphatic heterocycles. The van der Waals surface area contributed by atoms with Gasteiger partial charge in [0.2, 0.25) is 0 Å². The summed E-state index contributed by atoms with van der Waals surface area (Å²) < 4.78 is 1.85. The van der Waals surface area contributed by atoms with Crippen LogP contribution in [0, 0.1) is 0 Å². The van der Waals surface area contributed by atoms with Gasteiger partial charge in [0.15, 0.2) is 0 Å². The molecule has 0 aliphatic rings. The van der Waals surface area contributed by atoms with Crippen LogP contribution in [0.3, 0.4) is 0 Å². The van der Waals surface area contributed by atoms with E-state index in [1.165, 1.54) is 0 Å². The van der Waals surface area contributed by atoms with Crippen LogP contribution in [0.4, 0.5) is 0 Å². The Hall–Kier alpha value is -1.39. The quantitative estimate of drug-likeness (QED) is 0.899. The molecule has 3 nitrogen and oxygen atoms in total. The highest BCUT2D eigenvalue weighted by Gasteiger charge is 2.09. The molecule has 0 bridgehead atoms. The first-order chi connectivity index (χ1) is 8.77. The van der Waals surface area contributed by atoms with Gasteiger partial charge in [-0.2, -0.15) is 0 Å². The van der Waals surface area contributed by atoms with Crippen LogP contribution in [-0.2, 0) is 13.1 Å². The van der Waals surface area contributed by atoms with Gasteiger partial charge in [-0.25, -0.2) is 0 Å². The fourth-order valence-corrected chi connectivity index (χ4v) is 2.73. The number of nitrogens with one attached hydrogen (secondary N) is 1. The SMILES string of the molecule is CCNCc1ccc(-c2cccs2)n(CC)c1=O. The molecule has 0 saturated heterocycles. The lowest BCUT2D eigenvalue weighted by Gasteiger charge is -2.11. The molecule has 96 valence electrons. The summed E-state index contributed by atoms with van der Waals surface area (Å²) >= 11 is 1.66. The Morgan fingerprint density at radius 2 is 2.11 bits per heavy atom. The minimum Gasteiger partial charge on any atom is -0.313 e. The van der Waals surface area contributed by atoms with Gasteiger partial charge in [0, 0.05) is 18.7 Å². The van der Waals surface area contributed by atoms with Crippen molar-refractivity contribution in [1.29, 1.82) is 0 Å². The lowest BCUT2D eigenvalue weighted by atomic mass is 10.2. The van der Waals surface area contributed by atoms with E-state index in [2.05, 4.69) is 11.4 Å². The summed E-state index contributed by atoms with van der Waals surface area (Å²) in [6.07, 6.45) is 0. The molecule has 0 atom stereocenters. The molecule has 0 aliphatic carbocycles. The van der Waals surface area contributed by atoms with Gasteiger partial charge >= 0.3 is 0 Å². The summed E-state index contributed by atoms with van der Waals surface area (Å²) in [6, 6.07) is 8.04. The number of aromatic nitrogens is 1. The Balaban J connectivity index is 2.45. The number of pyridine rings is 1. The largest absolute Gasteiger partial charge is 0.313 e. The van der Waals surface area contributed by atoms with E-state index >= 15 is 0 Å². The topological polar surface area (TPSA) is 34.0 Å². The van der Waals surface area contributed by atoms with Crippen molar-refractivity contribution in [3.05, 3.63) is 45.6 Å². The molecule has 0 fully saturated rings. The molecule has 0 aromatic carbocycles. The normalized spacial score (nSPS) is 10.8. The maximum atomic E-state index is 12.3. The third-order valence-electron chi connectivity index (χ3n) is 2.91. The molecule has 0 unspecified atom stereocenters. The van der Waals surface area contributed by atoms with Crippen molar-refractivity contribution in [1.82, 2.24) is 9.88 Å². The lowest BCUT2D eigenvalue weighted by Crippen LogP contribution is -2.27. The van der Waals surface area contributed by atoms with E-state index in [1.54, 1.807) is 11.3 Å². The second-order valence-electron chi connectivity index (χ2n) is 4.05. The molecule has 2 aromatic heterocycles. The third kappa shape index (κ3) is 2.54. The van der Waals surface area contributed by atoms with E-state index in [-0.39, 0.29) is 5.56 Å². The number of nitrogens with zero attached hydrogens (tertiary/aromatic N) is 1. The Morgan fingerprint density at radius 3 is 2.72 bits per heavy atom. The smallest absolute Gasteiger partial charge is 0.255 e. The molecule has 2 aromatic rings. The Bertz CT molecular complexity index is 558. The zero-order valence-electron chi connectivity index (χ0n) is 10.8. The maximum Gasteiger partial charge on any atom is 0.255 e. The summed E-state index contributed by atoms with van der Waals surface area (Å²) in [4.78, 5) is 13.5. The van der Waals surface area contributed by atoms with E-state index in [0.29, 0.717) is 13.1 Å². The Kier molecular flexibility index (Phi) is 4.33. The monoisotopic (exact) mass is 262 g/mol. The van der Waals surface area contributed by atoms with Gasteiger partial charge in [0.25, 0.3) is 5.56 Å². The van der Waals surface area contributed by atoms with Crippen LogP contribution in [0.25, 0.3) is 10.6 Å². The molecule has 4 heteroatoms. The summed E-state index contributed by atoms with van der Waals surface area (Å²) in [5, 5.41) is 5.23. The Labute approximate surface area is 111 Å². The van der Waals surface area contributed by atoms with Crippen LogP contribution in [-0.4, -0.2) is 11.1 Å². The molecule has 0 amide bonds. The molecule has 0 saturated carbocycles. The highest BCUT2D eigenvalue weighted by molar-refractivity contribution is 7.13. The van der Waals surface area contributed by atoms with Crippen LogP contribution in [0.2, 0.25) is 0 Å². The summed E-state index contributed by atoms with van der Waals surface area (Å²) in [5.74, 6) is 0. The zero-order chi connectivity index (χ0) is 13.0. The fraction of sp³-hybridized carbons (Fsp3) is 0.357. The van der Waals surface area contributed by atoms with Crippen molar-refractivity contribution in [2.24, 2.45) is 0 Å². The number of hydrogen-bond acceptors (Lipinski definition) is 3. The molecule has 0 radical (unpaired) electrons. The van der Waals surface area contributed by atoms with Crippen molar-refractivity contribution in [2.75, 3.05) is 6.54 Å². The van der Waals surface area contributed by atoms with Crippen molar-refractivity contribution < 1.29 is 0 Å². The van der Waals surface area contributed by atoms with Crippen molar-refractivity contribution >= 4 is 11.3 Å². The highest BCUT2D eigenvalue weighted by Crippen LogP contribution is 2.23. The molecule has 2 heterocycles. The van der Waals surface area contributed by atoms with E-state index in [0.717, 1.165) is 22.7 Å². The minimum absolute atomic E-state index is 0.115. The fourth-order valence-electron chi connectivity index (χ4n) is 1.97. The highest BCUT2D eigenvalue weighted by atomic mass is 32.1. The van der Waals surface area contributed by atoms with Gasteiger partial charge in [0.05, 0.1) is 10.6 Å². The van der Waals surface area contributed by atoms with E-state index in [1.807, 2.05) is 42.0 Å². The van der Waals surface area contributed by atoms with Crippen LogP contribution < -0.4 is 10.9 Å². The Morgan fingerprint density at radius 1 is 1.28 bits per heavy atom. The molecule has 18 heavy (non-hydrogen) atoms. The number of rotatable bonds is 5. The lowest BCUT2D eigenvalue weighted by molar-refractivity contribution is 0.683. The van der Waals surface area contributed by atoms with Gasteiger partial charge in [-0.1, -0.05) is 19.1 Å². The molecular weight excluding hydrogens is 244 g/mol. The molecule has 2 rings (SSSR count). The van der Waals surface area contributed by atoms with Crippen molar-refractivity contribution in [2.45, 2.75) is 26.9 Å². The predicted octanol–water partition coefficient (Wildman–Crippen LogP) is 2.71.